The molecule has 0 saturated carbocycles. The van der Waals surface area contributed by atoms with E-state index in [0.29, 0.717) is 18.7 Å². The first-order valence-electron chi connectivity index (χ1n) is 12.2. The van der Waals surface area contributed by atoms with Gasteiger partial charge >= 0.3 is 0 Å². The highest BCUT2D eigenvalue weighted by Crippen LogP contribution is 2.22. The number of piperazine rings is 1. The minimum Gasteiger partial charge on any atom is -0.344 e. The van der Waals surface area contributed by atoms with Crippen LogP contribution in [0.3, 0.4) is 0 Å². The molecule has 1 fully saturated rings. The van der Waals surface area contributed by atoms with Crippen molar-refractivity contribution < 1.29 is 18.8 Å². The van der Waals surface area contributed by atoms with Crippen molar-refractivity contribution in [2.75, 3.05) is 38.5 Å². The van der Waals surface area contributed by atoms with Crippen molar-refractivity contribution in [3.8, 4) is 0 Å². The van der Waals surface area contributed by atoms with Crippen molar-refractivity contribution in [3.63, 3.8) is 0 Å². The Bertz CT molecular complexity index is 1020. The molecular formula is C27H35FN4O3. The maximum atomic E-state index is 14.8. The molecule has 188 valence electrons. The predicted molar refractivity (Wildman–Crippen MR) is 135 cm³/mol. The molecule has 1 aliphatic heterocycles. The van der Waals surface area contributed by atoms with Gasteiger partial charge in [-0.2, -0.15) is 0 Å². The zero-order valence-electron chi connectivity index (χ0n) is 20.7. The van der Waals surface area contributed by atoms with Crippen LogP contribution in [0.15, 0.2) is 48.5 Å². The number of likely N-dealkylation sites (N-methyl/N-ethyl adjacent to an activating group) is 1. The molecule has 2 N–H and O–H groups in total. The molecule has 3 amide bonds. The third-order valence-electron chi connectivity index (χ3n) is 6.38. The molecule has 0 aromatic heterocycles. The van der Waals surface area contributed by atoms with Crippen LogP contribution >= 0.6 is 0 Å². The summed E-state index contributed by atoms with van der Waals surface area (Å²) in [5.41, 5.74) is 1.71. The number of anilines is 1. The van der Waals surface area contributed by atoms with Crippen LogP contribution in [0.4, 0.5) is 10.1 Å². The summed E-state index contributed by atoms with van der Waals surface area (Å²) in [5.74, 6) is -1.23. The largest absolute Gasteiger partial charge is 0.344 e. The van der Waals surface area contributed by atoms with E-state index in [1.54, 1.807) is 17.9 Å². The van der Waals surface area contributed by atoms with Crippen LogP contribution in [0.25, 0.3) is 0 Å². The number of nitrogens with zero attached hydrogens (tertiary/aromatic N) is 2. The zero-order valence-corrected chi connectivity index (χ0v) is 20.7. The van der Waals surface area contributed by atoms with Gasteiger partial charge in [-0.1, -0.05) is 50.2 Å². The number of rotatable bonds is 9. The molecule has 1 saturated heterocycles. The number of halogens is 1. The van der Waals surface area contributed by atoms with E-state index in [1.807, 2.05) is 44.3 Å². The number of hydrogen-bond acceptors (Lipinski definition) is 4. The molecule has 0 aliphatic carbocycles. The summed E-state index contributed by atoms with van der Waals surface area (Å²) < 4.78 is 14.8. The SMILES string of the molecule is CCC(=O)N[C@H](Cc1ccc(NC(=O)C[C@@H](C)c2ccccc2)c(F)c1)C(=O)N1CCN(C)CC1. The van der Waals surface area contributed by atoms with E-state index >= 15 is 0 Å². The van der Waals surface area contributed by atoms with E-state index in [9.17, 15) is 18.8 Å². The molecule has 2 atom stereocenters. The summed E-state index contributed by atoms with van der Waals surface area (Å²) in [6.45, 7) is 6.40. The molecule has 0 bridgehead atoms. The van der Waals surface area contributed by atoms with Crippen LogP contribution in [-0.4, -0.2) is 66.8 Å². The quantitative estimate of drug-likeness (QED) is 0.575. The van der Waals surface area contributed by atoms with E-state index in [1.165, 1.54) is 12.1 Å². The molecule has 1 aliphatic rings. The average Bonchev–Trinajstić information content (AvgIpc) is 2.85. The van der Waals surface area contributed by atoms with Crippen LogP contribution in [0, 0.1) is 5.82 Å². The van der Waals surface area contributed by atoms with Crippen LogP contribution in [-0.2, 0) is 20.8 Å². The fourth-order valence-electron chi connectivity index (χ4n) is 4.15. The van der Waals surface area contributed by atoms with Crippen LogP contribution in [0.2, 0.25) is 0 Å². The zero-order chi connectivity index (χ0) is 25.4. The number of benzene rings is 2. The summed E-state index contributed by atoms with van der Waals surface area (Å²) in [4.78, 5) is 41.6. The first-order chi connectivity index (χ1) is 16.8. The summed E-state index contributed by atoms with van der Waals surface area (Å²) in [6, 6.07) is 13.4. The fourth-order valence-corrected chi connectivity index (χ4v) is 4.15. The Labute approximate surface area is 206 Å². The maximum absolute atomic E-state index is 14.8. The summed E-state index contributed by atoms with van der Waals surface area (Å²) >= 11 is 0. The van der Waals surface area contributed by atoms with Crippen molar-refractivity contribution in [2.24, 2.45) is 0 Å². The molecular weight excluding hydrogens is 447 g/mol. The molecule has 0 spiro atoms. The molecule has 0 unspecified atom stereocenters. The van der Waals surface area contributed by atoms with Gasteiger partial charge in [0.2, 0.25) is 17.7 Å². The first kappa shape index (κ1) is 26.3. The molecule has 35 heavy (non-hydrogen) atoms. The van der Waals surface area contributed by atoms with E-state index in [-0.39, 0.29) is 48.6 Å². The highest BCUT2D eigenvalue weighted by atomic mass is 19.1. The van der Waals surface area contributed by atoms with Crippen molar-refractivity contribution in [2.45, 2.75) is 45.1 Å². The Hall–Kier alpha value is -3.26. The second-order valence-corrected chi connectivity index (χ2v) is 9.18. The third-order valence-corrected chi connectivity index (χ3v) is 6.38. The molecule has 1 heterocycles. The van der Waals surface area contributed by atoms with Gasteiger partial charge in [0.1, 0.15) is 11.9 Å². The average molecular weight is 483 g/mol. The Morgan fingerprint density at radius 2 is 1.69 bits per heavy atom. The van der Waals surface area contributed by atoms with Crippen molar-refractivity contribution in [3.05, 3.63) is 65.5 Å². The number of carbonyl (C=O) groups is 3. The number of carbonyl (C=O) groups excluding carboxylic acids is 3. The third kappa shape index (κ3) is 7.62. The van der Waals surface area contributed by atoms with Gasteiger partial charge in [0.05, 0.1) is 5.69 Å². The second-order valence-electron chi connectivity index (χ2n) is 9.18. The molecule has 0 radical (unpaired) electrons. The standard InChI is InChI=1S/C27H35FN4O3/c1-4-25(33)30-24(27(35)32-14-12-31(3)13-15-32)18-20-10-11-23(22(28)17-20)29-26(34)16-19(2)21-8-6-5-7-9-21/h5-11,17,19,24H,4,12-16,18H2,1-3H3,(H,29,34)(H,30,33)/t19-,24-/m1/s1. The van der Waals surface area contributed by atoms with Crippen molar-refractivity contribution in [1.29, 1.82) is 0 Å². The summed E-state index contributed by atoms with van der Waals surface area (Å²) in [6.07, 6.45) is 0.663. The lowest BCUT2D eigenvalue weighted by molar-refractivity contribution is -0.137. The lowest BCUT2D eigenvalue weighted by Crippen LogP contribution is -2.54. The minimum atomic E-state index is -0.766. The van der Waals surface area contributed by atoms with Gasteiger partial charge in [-0.05, 0) is 36.2 Å². The van der Waals surface area contributed by atoms with Gasteiger partial charge in [0.25, 0.3) is 0 Å². The molecule has 8 heteroatoms. The van der Waals surface area contributed by atoms with E-state index in [4.69, 9.17) is 0 Å². The monoisotopic (exact) mass is 482 g/mol. The highest BCUT2D eigenvalue weighted by molar-refractivity contribution is 5.91. The van der Waals surface area contributed by atoms with Gasteiger partial charge in [-0.15, -0.1) is 0 Å². The van der Waals surface area contributed by atoms with Gasteiger partial charge < -0.3 is 20.4 Å². The van der Waals surface area contributed by atoms with Crippen molar-refractivity contribution >= 4 is 23.4 Å². The highest BCUT2D eigenvalue weighted by Gasteiger charge is 2.28. The van der Waals surface area contributed by atoms with Crippen molar-refractivity contribution in [1.82, 2.24) is 15.1 Å². The van der Waals surface area contributed by atoms with Crippen LogP contribution < -0.4 is 10.6 Å². The van der Waals surface area contributed by atoms with Gasteiger partial charge in [-0.3, -0.25) is 14.4 Å². The number of hydrogen-bond donors (Lipinski definition) is 2. The topological polar surface area (TPSA) is 81.8 Å². The van der Waals surface area contributed by atoms with E-state index < -0.39 is 11.9 Å². The Morgan fingerprint density at radius 3 is 2.31 bits per heavy atom. The van der Waals surface area contributed by atoms with Crippen LogP contribution in [0.1, 0.15) is 43.7 Å². The summed E-state index contributed by atoms with van der Waals surface area (Å²) in [7, 11) is 2.00. The number of nitrogens with one attached hydrogen (secondary N) is 2. The Kier molecular flexibility index (Phi) is 9.37. The van der Waals surface area contributed by atoms with E-state index in [0.717, 1.165) is 18.7 Å². The van der Waals surface area contributed by atoms with Gasteiger partial charge in [0.15, 0.2) is 0 Å². The normalized spacial score (nSPS) is 15.8. The first-order valence-corrected chi connectivity index (χ1v) is 12.2. The Balaban J connectivity index is 1.64. The molecule has 7 nitrogen and oxygen atoms in total. The fraction of sp³-hybridized carbons (Fsp3) is 0.444. The maximum Gasteiger partial charge on any atom is 0.245 e. The van der Waals surface area contributed by atoms with Gasteiger partial charge in [-0.25, -0.2) is 4.39 Å². The van der Waals surface area contributed by atoms with Gasteiger partial charge in [0, 0.05) is 45.4 Å². The summed E-state index contributed by atoms with van der Waals surface area (Å²) in [5, 5.41) is 5.44. The smallest absolute Gasteiger partial charge is 0.245 e. The molecule has 2 aromatic carbocycles. The minimum absolute atomic E-state index is 0.00190. The molecule has 2 aromatic rings. The lowest BCUT2D eigenvalue weighted by atomic mass is 9.97. The predicted octanol–water partition coefficient (Wildman–Crippen LogP) is 3.17. The van der Waals surface area contributed by atoms with E-state index in [2.05, 4.69) is 15.5 Å². The number of amides is 3. The van der Waals surface area contributed by atoms with Crippen LogP contribution in [0.5, 0.6) is 0 Å². The molecule has 3 rings (SSSR count). The Morgan fingerprint density at radius 1 is 1.00 bits per heavy atom. The lowest BCUT2D eigenvalue weighted by Gasteiger charge is -2.34. The second kappa shape index (κ2) is 12.4.